The highest BCUT2D eigenvalue weighted by atomic mass is 32.2. The minimum atomic E-state index is -5.93. The van der Waals surface area contributed by atoms with Crippen molar-refractivity contribution in [1.82, 2.24) is 4.98 Å². The molecular formula is C20H21F7N2O5S2. The van der Waals surface area contributed by atoms with Gasteiger partial charge in [-0.25, -0.2) is 27.0 Å². The summed E-state index contributed by atoms with van der Waals surface area (Å²) >= 11 is -0.0187. The Kier molecular flexibility index (Phi) is 8.87. The molecule has 0 unspecified atom stereocenters. The third-order valence-electron chi connectivity index (χ3n) is 4.42. The predicted molar refractivity (Wildman–Crippen MR) is 116 cm³/mol. The lowest BCUT2D eigenvalue weighted by molar-refractivity contribution is -0.287. The largest absolute Gasteiger partial charge is 0.486 e. The van der Waals surface area contributed by atoms with Crippen LogP contribution in [0.25, 0.3) is 0 Å². The first-order chi connectivity index (χ1) is 16.4. The van der Waals surface area contributed by atoms with E-state index in [0.29, 0.717) is 13.0 Å². The summed E-state index contributed by atoms with van der Waals surface area (Å²) in [6.45, 7) is 1.43. The number of hydrogen-bond acceptors (Lipinski definition) is 8. The first-order valence-electron chi connectivity index (χ1n) is 10.1. The molecule has 0 aliphatic heterocycles. The molecule has 0 aromatic carbocycles. The zero-order chi connectivity index (χ0) is 27.5. The molecule has 2 heterocycles. The van der Waals surface area contributed by atoms with Crippen LogP contribution in [-0.2, 0) is 27.0 Å². The number of nitrogens with zero attached hydrogens (tertiary/aromatic N) is 1. The van der Waals surface area contributed by atoms with Gasteiger partial charge in [-0.15, -0.1) is 11.3 Å². The molecule has 2 aromatic rings. The topological polar surface area (TPSA) is 94.6 Å². The fraction of sp³-hybridized carbons (Fsp3) is 0.500. The Balaban J connectivity index is 2.46. The number of sulfone groups is 1. The van der Waals surface area contributed by atoms with E-state index in [1.165, 1.54) is 13.8 Å². The minimum Gasteiger partial charge on any atom is -0.486 e. The van der Waals surface area contributed by atoms with Crippen molar-refractivity contribution >= 4 is 33.0 Å². The van der Waals surface area contributed by atoms with Gasteiger partial charge in [0.25, 0.3) is 5.92 Å². The smallest absolute Gasteiger partial charge is 0.458 e. The fourth-order valence-corrected chi connectivity index (χ4v) is 4.75. The Morgan fingerprint density at radius 3 is 2.28 bits per heavy atom. The number of esters is 1. The van der Waals surface area contributed by atoms with Crippen LogP contribution in [0.4, 0.5) is 36.6 Å². The van der Waals surface area contributed by atoms with Crippen LogP contribution < -0.4 is 10.1 Å². The van der Waals surface area contributed by atoms with E-state index in [0.717, 1.165) is 12.3 Å². The lowest BCUT2D eigenvalue weighted by Crippen LogP contribution is -2.32. The molecule has 0 radical (unpaired) electrons. The van der Waals surface area contributed by atoms with Gasteiger partial charge in [0.2, 0.25) is 0 Å². The number of pyridine rings is 1. The second kappa shape index (κ2) is 10.8. The molecule has 0 saturated heterocycles. The van der Waals surface area contributed by atoms with Crippen molar-refractivity contribution in [1.29, 1.82) is 0 Å². The van der Waals surface area contributed by atoms with Crippen LogP contribution in [0.5, 0.6) is 5.75 Å². The molecule has 0 aliphatic rings. The number of carbonyl (C=O) groups is 1. The van der Waals surface area contributed by atoms with E-state index in [4.69, 9.17) is 9.47 Å². The summed E-state index contributed by atoms with van der Waals surface area (Å²) in [5.41, 5.74) is -0.571. The van der Waals surface area contributed by atoms with Crippen molar-refractivity contribution in [2.45, 2.75) is 50.2 Å². The van der Waals surface area contributed by atoms with Gasteiger partial charge in [0.05, 0.1) is 35.5 Å². The van der Waals surface area contributed by atoms with Gasteiger partial charge < -0.3 is 14.8 Å². The lowest BCUT2D eigenvalue weighted by Gasteiger charge is -2.17. The van der Waals surface area contributed by atoms with Crippen molar-refractivity contribution in [3.8, 4) is 5.75 Å². The number of halogens is 7. The SMILES string of the molecule is CCOC(=O)c1cc(C(F)(F)C(F)(F)F)sc1CNc1ncc(OCC(C)(F)F)cc1S(=O)(=O)CC. The van der Waals surface area contributed by atoms with Crippen molar-refractivity contribution in [3.63, 3.8) is 0 Å². The maximum Gasteiger partial charge on any atom is 0.458 e. The van der Waals surface area contributed by atoms with Crippen LogP contribution in [0.1, 0.15) is 40.9 Å². The zero-order valence-corrected chi connectivity index (χ0v) is 20.6. The fourth-order valence-electron chi connectivity index (χ4n) is 2.64. The molecule has 1 N–H and O–H groups in total. The first kappa shape index (κ1) is 29.6. The van der Waals surface area contributed by atoms with Crippen molar-refractivity contribution in [3.05, 3.63) is 33.6 Å². The van der Waals surface area contributed by atoms with Crippen LogP contribution in [-0.4, -0.2) is 50.4 Å². The molecule has 0 spiro atoms. The van der Waals surface area contributed by atoms with Crippen molar-refractivity contribution in [2.75, 3.05) is 24.3 Å². The average molecular weight is 567 g/mol. The Morgan fingerprint density at radius 2 is 1.75 bits per heavy atom. The molecule has 16 heteroatoms. The standard InChI is InChI=1S/C20H21F7N2O5S2/c1-4-33-17(30)12-7-15(19(23,24)20(25,26)27)35-13(12)9-29-16-14(36(31,32)5-2)6-11(8-28-16)34-10-18(3,21)22/h6-8H,4-5,9-10H2,1-3H3,(H,28,29). The number of hydrogen-bond donors (Lipinski definition) is 1. The predicted octanol–water partition coefficient (Wildman–Crippen LogP) is 5.41. The summed E-state index contributed by atoms with van der Waals surface area (Å²) in [6.07, 6.45) is -5.00. The van der Waals surface area contributed by atoms with Gasteiger partial charge in [-0.3, -0.25) is 0 Å². The maximum atomic E-state index is 13.9. The highest BCUT2D eigenvalue weighted by Gasteiger charge is 2.60. The Hall–Kier alpha value is -2.62. The molecule has 0 saturated carbocycles. The normalized spacial score (nSPS) is 12.9. The van der Waals surface area contributed by atoms with Crippen molar-refractivity contribution < 1.29 is 53.4 Å². The van der Waals surface area contributed by atoms with E-state index in [2.05, 4.69) is 10.3 Å². The quantitative estimate of drug-likeness (QED) is 0.287. The second-order valence-corrected chi connectivity index (χ2v) is 10.8. The van der Waals surface area contributed by atoms with Crippen LogP contribution in [0.15, 0.2) is 23.2 Å². The Labute approximate surface area is 205 Å². The maximum absolute atomic E-state index is 13.9. The summed E-state index contributed by atoms with van der Waals surface area (Å²) in [6, 6.07) is 1.29. The number of nitrogens with one attached hydrogen (secondary N) is 1. The van der Waals surface area contributed by atoms with Crippen LogP contribution >= 0.6 is 11.3 Å². The molecule has 2 rings (SSSR count). The molecule has 0 atom stereocenters. The number of carbonyl (C=O) groups excluding carboxylic acids is 1. The highest BCUT2D eigenvalue weighted by molar-refractivity contribution is 7.91. The lowest BCUT2D eigenvalue weighted by atomic mass is 10.2. The molecule has 0 aliphatic carbocycles. The van der Waals surface area contributed by atoms with E-state index in [9.17, 15) is 43.9 Å². The Morgan fingerprint density at radius 1 is 1.11 bits per heavy atom. The number of alkyl halides is 7. The summed E-state index contributed by atoms with van der Waals surface area (Å²) < 4.78 is 127. The van der Waals surface area contributed by atoms with E-state index in [1.807, 2.05) is 0 Å². The zero-order valence-electron chi connectivity index (χ0n) is 19.0. The van der Waals surface area contributed by atoms with Gasteiger partial charge >= 0.3 is 18.1 Å². The van der Waals surface area contributed by atoms with Gasteiger partial charge in [0, 0.05) is 17.9 Å². The van der Waals surface area contributed by atoms with Crippen LogP contribution in [0, 0.1) is 0 Å². The summed E-state index contributed by atoms with van der Waals surface area (Å²) in [5, 5.41) is 2.49. The monoisotopic (exact) mass is 566 g/mol. The number of anilines is 1. The minimum absolute atomic E-state index is 0.0187. The van der Waals surface area contributed by atoms with Gasteiger partial charge in [0.1, 0.15) is 16.5 Å². The van der Waals surface area contributed by atoms with E-state index in [-0.39, 0.29) is 34.4 Å². The highest BCUT2D eigenvalue weighted by Crippen LogP contribution is 2.47. The van der Waals surface area contributed by atoms with Gasteiger partial charge in [-0.1, -0.05) is 6.92 Å². The summed E-state index contributed by atoms with van der Waals surface area (Å²) in [5.74, 6) is -10.7. The molecule has 0 fully saturated rings. The molecule has 36 heavy (non-hydrogen) atoms. The molecule has 0 amide bonds. The molecule has 7 nitrogen and oxygen atoms in total. The first-order valence-corrected chi connectivity index (χ1v) is 12.6. The molecule has 202 valence electrons. The van der Waals surface area contributed by atoms with Crippen LogP contribution in [0.2, 0.25) is 0 Å². The van der Waals surface area contributed by atoms with E-state index >= 15 is 0 Å². The molecule has 2 aromatic heterocycles. The average Bonchev–Trinajstić information content (AvgIpc) is 3.20. The summed E-state index contributed by atoms with van der Waals surface area (Å²) in [7, 11) is -4.03. The second-order valence-electron chi connectivity index (χ2n) is 7.37. The van der Waals surface area contributed by atoms with Crippen molar-refractivity contribution in [2.24, 2.45) is 0 Å². The summed E-state index contributed by atoms with van der Waals surface area (Å²) in [4.78, 5) is 13.7. The van der Waals surface area contributed by atoms with Crippen LogP contribution in [0.3, 0.4) is 0 Å². The van der Waals surface area contributed by atoms with Gasteiger partial charge in [0.15, 0.2) is 16.4 Å². The number of aromatic nitrogens is 1. The third kappa shape index (κ3) is 6.99. The van der Waals surface area contributed by atoms with Gasteiger partial charge in [-0.05, 0) is 13.0 Å². The molecule has 0 bridgehead atoms. The number of ether oxygens (including phenoxy) is 2. The van der Waals surface area contributed by atoms with E-state index < -0.39 is 68.1 Å². The number of rotatable bonds is 11. The number of thiophene rings is 1. The molecular weight excluding hydrogens is 545 g/mol. The third-order valence-corrected chi connectivity index (χ3v) is 7.37. The van der Waals surface area contributed by atoms with E-state index in [1.54, 1.807) is 0 Å². The van der Waals surface area contributed by atoms with Gasteiger partial charge in [-0.2, -0.15) is 22.0 Å². The Bertz CT molecular complexity index is 1190.